The van der Waals surface area contributed by atoms with Crippen LogP contribution in [0.15, 0.2) is 84.9 Å². The third-order valence-corrected chi connectivity index (χ3v) is 6.92. The molecule has 4 aromatic rings. The number of anilines is 1. The largest absolute Gasteiger partial charge is 0.550 e. The lowest BCUT2D eigenvalue weighted by Gasteiger charge is -2.20. The fraction of sp³-hybridized carbons (Fsp3) is 0.273. The number of carbonyl (C=O) groups excluding carboxylic acids is 2. The smallest absolute Gasteiger partial charge is 0.258 e. The molecule has 0 saturated heterocycles. The Balaban J connectivity index is 1.89. The Morgan fingerprint density at radius 3 is 2.07 bits per heavy atom. The minimum Gasteiger partial charge on any atom is -0.550 e. The van der Waals surface area contributed by atoms with E-state index in [1.165, 1.54) is 12.1 Å². The molecule has 1 aromatic heterocycles. The molecule has 4 rings (SSSR count). The van der Waals surface area contributed by atoms with Crippen LogP contribution in [0.25, 0.3) is 22.4 Å². The summed E-state index contributed by atoms with van der Waals surface area (Å²) in [5.74, 6) is -2.20. The lowest BCUT2D eigenvalue weighted by Crippen LogP contribution is -2.29. The van der Waals surface area contributed by atoms with Crippen molar-refractivity contribution in [2.75, 3.05) is 5.32 Å². The summed E-state index contributed by atoms with van der Waals surface area (Å²) in [7, 11) is 0. The van der Waals surface area contributed by atoms with Gasteiger partial charge in [0.1, 0.15) is 5.82 Å². The van der Waals surface area contributed by atoms with Crippen LogP contribution in [0.5, 0.6) is 0 Å². The van der Waals surface area contributed by atoms with Crippen molar-refractivity contribution in [3.8, 4) is 22.4 Å². The minimum atomic E-state index is -1.39. The fourth-order valence-electron chi connectivity index (χ4n) is 5.19. The van der Waals surface area contributed by atoms with E-state index in [2.05, 4.69) is 5.32 Å². The molecule has 41 heavy (non-hydrogen) atoms. The number of hydrogen-bond donors (Lipinski definition) is 3. The predicted octanol–water partition coefficient (Wildman–Crippen LogP) is 4.98. The van der Waals surface area contributed by atoms with Gasteiger partial charge < -0.3 is 30.0 Å². The number of aliphatic hydroxyl groups excluding tert-OH is 2. The highest BCUT2D eigenvalue weighted by atomic mass is 19.1. The molecule has 0 unspecified atom stereocenters. The van der Waals surface area contributed by atoms with E-state index in [-0.39, 0.29) is 31.2 Å². The molecule has 0 fully saturated rings. The summed E-state index contributed by atoms with van der Waals surface area (Å²) in [6, 6.07) is 24.7. The van der Waals surface area contributed by atoms with Crippen LogP contribution in [0, 0.1) is 5.82 Å². The van der Waals surface area contributed by atoms with Crippen LogP contribution in [0.1, 0.15) is 55.1 Å². The molecular weight excluding hydrogens is 523 g/mol. The number of carbonyl (C=O) groups is 2. The second-order valence-electron chi connectivity index (χ2n) is 10.4. The number of carboxylic acids is 1. The molecule has 7 nitrogen and oxygen atoms in total. The summed E-state index contributed by atoms with van der Waals surface area (Å²) in [5.41, 5.74) is 4.72. The molecule has 214 valence electrons. The number of amides is 1. The molecule has 0 radical (unpaired) electrons. The molecule has 2 atom stereocenters. The van der Waals surface area contributed by atoms with Gasteiger partial charge in [-0.3, -0.25) is 4.79 Å². The Morgan fingerprint density at radius 2 is 1.49 bits per heavy atom. The Bertz CT molecular complexity index is 1470. The molecular formula is C33H34FN2O5-. The van der Waals surface area contributed by atoms with E-state index in [1.807, 2.05) is 66.9 Å². The van der Waals surface area contributed by atoms with Gasteiger partial charge in [-0.05, 0) is 66.3 Å². The van der Waals surface area contributed by atoms with E-state index >= 15 is 0 Å². The minimum absolute atomic E-state index is 0.121. The van der Waals surface area contributed by atoms with Gasteiger partial charge in [-0.25, -0.2) is 4.39 Å². The molecule has 1 heterocycles. The summed E-state index contributed by atoms with van der Waals surface area (Å²) in [4.78, 5) is 24.9. The van der Waals surface area contributed by atoms with E-state index < -0.39 is 30.4 Å². The standard InChI is InChI=1S/C33H35FN2O5/c1-21(2)31-30(33(41)35-25-11-7-4-8-12-25)29(22-9-5-3-6-10-22)32(23-13-15-24(34)16-14-23)36(31)18-17-26(37)19-27(38)20-28(39)40/h3-16,21,26-27,37-38H,17-20H2,1-2H3,(H,35,41)(H,39,40)/p-1/t26-,27-/m0/s1. The molecule has 0 spiro atoms. The summed E-state index contributed by atoms with van der Waals surface area (Å²) < 4.78 is 16.0. The maximum Gasteiger partial charge on any atom is 0.258 e. The zero-order valence-electron chi connectivity index (χ0n) is 23.1. The second-order valence-corrected chi connectivity index (χ2v) is 10.4. The average Bonchev–Trinajstić information content (AvgIpc) is 3.28. The quantitative estimate of drug-likeness (QED) is 0.227. The molecule has 1 amide bonds. The topological polar surface area (TPSA) is 115 Å². The molecule has 0 aliphatic carbocycles. The second kappa shape index (κ2) is 13.4. The number of nitrogens with zero attached hydrogens (tertiary/aromatic N) is 1. The number of nitrogens with one attached hydrogen (secondary N) is 1. The number of halogens is 1. The molecule has 3 aromatic carbocycles. The van der Waals surface area contributed by atoms with Gasteiger partial charge in [0.25, 0.3) is 5.91 Å². The molecule has 3 N–H and O–H groups in total. The van der Waals surface area contributed by atoms with Gasteiger partial charge >= 0.3 is 0 Å². The lowest BCUT2D eigenvalue weighted by atomic mass is 9.94. The summed E-state index contributed by atoms with van der Waals surface area (Å²) >= 11 is 0. The van der Waals surface area contributed by atoms with Crippen LogP contribution < -0.4 is 10.4 Å². The first kappa shape index (κ1) is 29.7. The van der Waals surface area contributed by atoms with Gasteiger partial charge in [-0.15, -0.1) is 0 Å². The first-order valence-electron chi connectivity index (χ1n) is 13.7. The number of aromatic nitrogens is 1. The number of para-hydroxylation sites is 1. The number of aliphatic carboxylic acids is 1. The molecule has 0 aliphatic heterocycles. The van der Waals surface area contributed by atoms with Gasteiger partial charge in [0, 0.05) is 35.9 Å². The molecule has 8 heteroatoms. The highest BCUT2D eigenvalue weighted by Crippen LogP contribution is 2.42. The van der Waals surface area contributed by atoms with Crippen molar-refractivity contribution in [2.45, 2.75) is 57.8 Å². The Hall–Kier alpha value is -4.27. The first-order valence-corrected chi connectivity index (χ1v) is 13.7. The monoisotopic (exact) mass is 557 g/mol. The van der Waals surface area contributed by atoms with Crippen molar-refractivity contribution in [2.24, 2.45) is 0 Å². The van der Waals surface area contributed by atoms with Crippen molar-refractivity contribution in [3.63, 3.8) is 0 Å². The van der Waals surface area contributed by atoms with Gasteiger partial charge in [-0.1, -0.05) is 62.4 Å². The van der Waals surface area contributed by atoms with Crippen molar-refractivity contribution in [1.29, 1.82) is 0 Å². The number of carboxylic acid groups (broad SMARTS) is 1. The van der Waals surface area contributed by atoms with Crippen LogP contribution in [-0.4, -0.2) is 38.9 Å². The van der Waals surface area contributed by atoms with Gasteiger partial charge in [0.15, 0.2) is 0 Å². The average molecular weight is 558 g/mol. The number of aliphatic hydroxyl groups is 2. The van der Waals surface area contributed by atoms with Gasteiger partial charge in [-0.2, -0.15) is 0 Å². The third-order valence-electron chi connectivity index (χ3n) is 6.92. The van der Waals surface area contributed by atoms with E-state index in [0.717, 1.165) is 11.3 Å². The zero-order chi connectivity index (χ0) is 29.5. The SMILES string of the molecule is CC(C)c1c(C(=O)Nc2ccccc2)c(-c2ccccc2)c(-c2ccc(F)cc2)n1CC[C@H](O)C[C@H](O)CC(=O)[O-]. The third kappa shape index (κ3) is 7.28. The number of benzene rings is 3. The van der Waals surface area contributed by atoms with Crippen LogP contribution in [0.3, 0.4) is 0 Å². The summed E-state index contributed by atoms with van der Waals surface area (Å²) in [6.45, 7) is 4.22. The van der Waals surface area contributed by atoms with E-state index in [0.29, 0.717) is 28.1 Å². The van der Waals surface area contributed by atoms with Crippen LogP contribution in [-0.2, 0) is 11.3 Å². The lowest BCUT2D eigenvalue weighted by molar-refractivity contribution is -0.307. The number of hydrogen-bond acceptors (Lipinski definition) is 5. The summed E-state index contributed by atoms with van der Waals surface area (Å²) in [6.07, 6.45) is -2.77. The number of rotatable bonds is 12. The fourth-order valence-corrected chi connectivity index (χ4v) is 5.19. The molecule has 0 bridgehead atoms. The maximum atomic E-state index is 14.0. The van der Waals surface area contributed by atoms with Gasteiger partial charge in [0.05, 0.1) is 23.5 Å². The summed E-state index contributed by atoms with van der Waals surface area (Å²) in [5, 5.41) is 34.6. The van der Waals surface area contributed by atoms with Crippen molar-refractivity contribution in [1.82, 2.24) is 4.57 Å². The predicted molar refractivity (Wildman–Crippen MR) is 155 cm³/mol. The van der Waals surface area contributed by atoms with Crippen LogP contribution >= 0.6 is 0 Å². The Morgan fingerprint density at radius 1 is 0.878 bits per heavy atom. The Labute approximate surface area is 238 Å². The van der Waals surface area contributed by atoms with E-state index in [4.69, 9.17) is 0 Å². The molecule has 0 saturated carbocycles. The van der Waals surface area contributed by atoms with Gasteiger partial charge in [0.2, 0.25) is 0 Å². The normalized spacial score (nSPS) is 12.7. The highest BCUT2D eigenvalue weighted by Gasteiger charge is 2.30. The van der Waals surface area contributed by atoms with Crippen LogP contribution in [0.4, 0.5) is 10.1 Å². The zero-order valence-corrected chi connectivity index (χ0v) is 23.1. The van der Waals surface area contributed by atoms with Crippen LogP contribution in [0.2, 0.25) is 0 Å². The Kier molecular flexibility index (Phi) is 9.70. The maximum absolute atomic E-state index is 14.0. The van der Waals surface area contributed by atoms with E-state index in [1.54, 1.807) is 24.3 Å². The highest BCUT2D eigenvalue weighted by molar-refractivity contribution is 6.12. The van der Waals surface area contributed by atoms with E-state index in [9.17, 15) is 29.3 Å². The first-order chi connectivity index (χ1) is 19.7. The van der Waals surface area contributed by atoms with Crippen molar-refractivity contribution < 1.29 is 29.3 Å². The van der Waals surface area contributed by atoms with Crippen molar-refractivity contribution in [3.05, 3.63) is 102 Å². The molecule has 0 aliphatic rings. The van der Waals surface area contributed by atoms with Crippen molar-refractivity contribution >= 4 is 17.6 Å².